The van der Waals surface area contributed by atoms with Crippen LogP contribution in [0.5, 0.6) is 0 Å². The molecule has 2 nitrogen and oxygen atoms in total. The summed E-state index contributed by atoms with van der Waals surface area (Å²) in [7, 11) is 0. The summed E-state index contributed by atoms with van der Waals surface area (Å²) in [6.07, 6.45) is 4.05. The van der Waals surface area contributed by atoms with Crippen LogP contribution in [0.3, 0.4) is 0 Å². The van der Waals surface area contributed by atoms with Gasteiger partial charge in [-0.25, -0.2) is 0 Å². The third-order valence-corrected chi connectivity index (χ3v) is 1.87. The Morgan fingerprint density at radius 3 is 2.57 bits per heavy atom. The summed E-state index contributed by atoms with van der Waals surface area (Å²) in [6, 6.07) is 0.403. The van der Waals surface area contributed by atoms with Gasteiger partial charge in [0.25, 0.3) is 0 Å². The van der Waals surface area contributed by atoms with Crippen molar-refractivity contribution in [2.75, 3.05) is 0 Å². The first-order valence-corrected chi connectivity index (χ1v) is 4.81. The minimum Gasteiger partial charge on any atom is -0.383 e. The smallest absolute Gasteiger partial charge is 0.0344 e. The molecule has 1 aliphatic rings. The molecule has 2 heteroatoms. The number of allylic oxidation sites excluding steroid dienone is 3. The molecule has 0 aromatic heterocycles. The van der Waals surface area contributed by atoms with Gasteiger partial charge in [0.05, 0.1) is 0 Å². The lowest BCUT2D eigenvalue weighted by Gasteiger charge is -2.19. The van der Waals surface area contributed by atoms with Gasteiger partial charge in [-0.1, -0.05) is 13.2 Å². The monoisotopic (exact) mass is 190 g/mol. The second kappa shape index (κ2) is 4.18. The largest absolute Gasteiger partial charge is 0.383 e. The van der Waals surface area contributed by atoms with Crippen LogP contribution >= 0.6 is 0 Å². The molecule has 0 unspecified atom stereocenters. The standard InChI is InChI=1S/C12H18N2/c1-8(2)13-11(5)12-6-9(3)14-10(4)7-12/h6-8,13-14H,3,5H2,1-2,4H3. The minimum atomic E-state index is 0.403. The van der Waals surface area contributed by atoms with Crippen molar-refractivity contribution in [2.45, 2.75) is 26.8 Å². The molecule has 0 bridgehead atoms. The lowest BCUT2D eigenvalue weighted by Crippen LogP contribution is -2.24. The van der Waals surface area contributed by atoms with E-state index < -0.39 is 0 Å². The van der Waals surface area contributed by atoms with E-state index in [-0.39, 0.29) is 0 Å². The Morgan fingerprint density at radius 2 is 2.07 bits per heavy atom. The van der Waals surface area contributed by atoms with E-state index in [9.17, 15) is 0 Å². The normalized spacial score (nSPS) is 15.9. The molecule has 0 spiro atoms. The highest BCUT2D eigenvalue weighted by Gasteiger charge is 2.07. The van der Waals surface area contributed by atoms with Crippen LogP contribution in [-0.2, 0) is 0 Å². The van der Waals surface area contributed by atoms with Crippen LogP contribution in [0.2, 0.25) is 0 Å². The minimum absolute atomic E-state index is 0.403. The van der Waals surface area contributed by atoms with Crippen LogP contribution in [0.25, 0.3) is 0 Å². The number of dihydropyridines is 1. The van der Waals surface area contributed by atoms with E-state index in [1.54, 1.807) is 0 Å². The third kappa shape index (κ3) is 2.80. The highest BCUT2D eigenvalue weighted by molar-refractivity contribution is 5.46. The fourth-order valence-electron chi connectivity index (χ4n) is 1.39. The van der Waals surface area contributed by atoms with E-state index in [4.69, 9.17) is 0 Å². The third-order valence-electron chi connectivity index (χ3n) is 1.87. The lowest BCUT2D eigenvalue weighted by molar-refractivity contribution is 0.677. The van der Waals surface area contributed by atoms with Crippen LogP contribution in [0.1, 0.15) is 20.8 Å². The molecule has 0 saturated carbocycles. The van der Waals surface area contributed by atoms with E-state index >= 15 is 0 Å². The molecule has 0 saturated heterocycles. The highest BCUT2D eigenvalue weighted by Crippen LogP contribution is 2.16. The Morgan fingerprint density at radius 1 is 1.43 bits per heavy atom. The zero-order valence-corrected chi connectivity index (χ0v) is 9.15. The Kier molecular flexibility index (Phi) is 3.18. The first kappa shape index (κ1) is 10.6. The van der Waals surface area contributed by atoms with Gasteiger partial charge >= 0.3 is 0 Å². The van der Waals surface area contributed by atoms with Gasteiger partial charge in [-0.05, 0) is 32.9 Å². The molecule has 2 N–H and O–H groups in total. The Balaban J connectivity index is 2.77. The maximum atomic E-state index is 3.99. The summed E-state index contributed by atoms with van der Waals surface area (Å²) < 4.78 is 0. The predicted octanol–water partition coefficient (Wildman–Crippen LogP) is 2.45. The number of nitrogens with one attached hydrogen (secondary N) is 2. The molecule has 0 amide bonds. The topological polar surface area (TPSA) is 24.1 Å². The average molecular weight is 190 g/mol. The van der Waals surface area contributed by atoms with Crippen molar-refractivity contribution in [1.29, 1.82) is 0 Å². The summed E-state index contributed by atoms with van der Waals surface area (Å²) in [5, 5.41) is 6.42. The summed E-state index contributed by atoms with van der Waals surface area (Å²) in [6.45, 7) is 14.1. The number of rotatable bonds is 3. The fourth-order valence-corrected chi connectivity index (χ4v) is 1.39. The zero-order valence-electron chi connectivity index (χ0n) is 9.15. The molecule has 1 heterocycles. The van der Waals surface area contributed by atoms with Crippen molar-refractivity contribution in [1.82, 2.24) is 10.6 Å². The Bertz CT molecular complexity index is 319. The number of hydrogen-bond donors (Lipinski definition) is 2. The second-order valence-corrected chi connectivity index (χ2v) is 3.85. The molecule has 0 fully saturated rings. The van der Waals surface area contributed by atoms with E-state index in [0.29, 0.717) is 6.04 Å². The van der Waals surface area contributed by atoms with Gasteiger partial charge in [-0.3, -0.25) is 0 Å². The first-order chi connectivity index (χ1) is 6.49. The van der Waals surface area contributed by atoms with Gasteiger partial charge < -0.3 is 10.6 Å². The van der Waals surface area contributed by atoms with Crippen molar-refractivity contribution in [2.24, 2.45) is 0 Å². The molecule has 0 atom stereocenters. The van der Waals surface area contributed by atoms with Gasteiger partial charge in [0.2, 0.25) is 0 Å². The van der Waals surface area contributed by atoms with Crippen molar-refractivity contribution in [3.63, 3.8) is 0 Å². The first-order valence-electron chi connectivity index (χ1n) is 4.81. The van der Waals surface area contributed by atoms with Crippen LogP contribution < -0.4 is 10.6 Å². The molecule has 1 aliphatic heterocycles. The summed E-state index contributed by atoms with van der Waals surface area (Å²) in [5.41, 5.74) is 4.05. The Hall–Kier alpha value is -1.44. The molecular weight excluding hydrogens is 172 g/mol. The van der Waals surface area contributed by atoms with Crippen molar-refractivity contribution in [3.05, 3.63) is 48.0 Å². The molecular formula is C12H18N2. The maximum Gasteiger partial charge on any atom is 0.0344 e. The summed E-state index contributed by atoms with van der Waals surface area (Å²) in [4.78, 5) is 0. The summed E-state index contributed by atoms with van der Waals surface area (Å²) in [5.74, 6) is 0. The van der Waals surface area contributed by atoms with Crippen LogP contribution in [0.15, 0.2) is 48.0 Å². The average Bonchev–Trinajstić information content (AvgIpc) is 2.00. The maximum absolute atomic E-state index is 3.99. The van der Waals surface area contributed by atoms with E-state index in [2.05, 4.69) is 43.7 Å². The quantitative estimate of drug-likeness (QED) is 0.714. The van der Waals surface area contributed by atoms with Crippen molar-refractivity contribution in [3.8, 4) is 0 Å². The molecule has 1 rings (SSSR count). The van der Waals surface area contributed by atoms with Gasteiger partial charge in [0.1, 0.15) is 0 Å². The van der Waals surface area contributed by atoms with Gasteiger partial charge in [-0.15, -0.1) is 0 Å². The van der Waals surface area contributed by atoms with Crippen LogP contribution in [0, 0.1) is 0 Å². The molecule has 14 heavy (non-hydrogen) atoms. The predicted molar refractivity (Wildman–Crippen MR) is 61.5 cm³/mol. The van der Waals surface area contributed by atoms with Crippen molar-refractivity contribution < 1.29 is 0 Å². The molecule has 0 aromatic carbocycles. The number of hydrogen-bond acceptors (Lipinski definition) is 2. The van der Waals surface area contributed by atoms with E-state index in [0.717, 1.165) is 22.7 Å². The van der Waals surface area contributed by atoms with Gasteiger partial charge in [-0.2, -0.15) is 0 Å². The zero-order chi connectivity index (χ0) is 10.7. The summed E-state index contributed by atoms with van der Waals surface area (Å²) >= 11 is 0. The highest BCUT2D eigenvalue weighted by atomic mass is 14.9. The SMILES string of the molecule is C=C1C=C(C(=C)NC(C)C)C=C(C)N1. The second-order valence-electron chi connectivity index (χ2n) is 3.85. The van der Waals surface area contributed by atoms with Gasteiger partial charge in [0, 0.05) is 28.7 Å². The molecule has 0 aromatic rings. The fraction of sp³-hybridized carbons (Fsp3) is 0.333. The Labute approximate surface area is 86.1 Å². The van der Waals surface area contributed by atoms with E-state index in [1.165, 1.54) is 0 Å². The van der Waals surface area contributed by atoms with Gasteiger partial charge in [0.15, 0.2) is 0 Å². The van der Waals surface area contributed by atoms with Crippen LogP contribution in [-0.4, -0.2) is 6.04 Å². The van der Waals surface area contributed by atoms with Crippen LogP contribution in [0.4, 0.5) is 0 Å². The van der Waals surface area contributed by atoms with E-state index in [1.807, 2.05) is 13.0 Å². The lowest BCUT2D eigenvalue weighted by atomic mass is 10.1. The molecule has 0 aliphatic carbocycles. The molecule has 76 valence electrons. The molecule has 0 radical (unpaired) electrons. The van der Waals surface area contributed by atoms with Crippen molar-refractivity contribution >= 4 is 0 Å².